The average Bonchev–Trinajstić information content (AvgIpc) is 3.18. The van der Waals surface area contributed by atoms with Gasteiger partial charge >= 0.3 is 0 Å². The van der Waals surface area contributed by atoms with Gasteiger partial charge in [-0.25, -0.2) is 4.99 Å². The molecule has 0 aliphatic carbocycles. The molecule has 37 heavy (non-hydrogen) atoms. The van der Waals surface area contributed by atoms with Gasteiger partial charge in [-0.2, -0.15) is 0 Å². The Bertz CT molecular complexity index is 1420. The van der Waals surface area contributed by atoms with E-state index in [1.807, 2.05) is 69.3 Å². The highest BCUT2D eigenvalue weighted by atomic mass is 79.9. The fourth-order valence-corrected chi connectivity index (χ4v) is 5.48. The van der Waals surface area contributed by atoms with E-state index in [4.69, 9.17) is 15.5 Å². The molecule has 0 radical (unpaired) electrons. The fraction of sp³-hybridized carbons (Fsp3) is 0.179. The van der Waals surface area contributed by atoms with E-state index in [0.29, 0.717) is 34.5 Å². The van der Waals surface area contributed by atoms with E-state index in [9.17, 15) is 9.59 Å². The Morgan fingerprint density at radius 1 is 1.00 bits per heavy atom. The second-order valence-corrected chi connectivity index (χ2v) is 10.4. The standard InChI is InChI=1S/C28H27BrN4O3S/c1-4-36-22-11-6-5-10-21(22)33-26(34)23-24(30)25(27(35)32-20-13-12-17(3)15-19(20)29)37-28(23)31-18-9-7-8-16(2)14-18/h5-15,25H,4,30H2,1-3H3,(H,32,35)(H,33,34)/t25-/m0/s1. The van der Waals surface area contributed by atoms with Gasteiger partial charge < -0.3 is 21.1 Å². The lowest BCUT2D eigenvalue weighted by molar-refractivity contribution is -0.115. The molecule has 4 N–H and O–H groups in total. The molecule has 1 atom stereocenters. The first kappa shape index (κ1) is 26.5. The molecule has 1 heterocycles. The number of carbonyl (C=O) groups excluding carboxylic acids is 2. The molecule has 3 aromatic rings. The van der Waals surface area contributed by atoms with Crippen molar-refractivity contribution < 1.29 is 14.3 Å². The van der Waals surface area contributed by atoms with Gasteiger partial charge in [0.15, 0.2) is 0 Å². The summed E-state index contributed by atoms with van der Waals surface area (Å²) in [6.07, 6.45) is 0. The third-order valence-electron chi connectivity index (χ3n) is 5.53. The molecule has 0 spiro atoms. The van der Waals surface area contributed by atoms with Gasteiger partial charge in [-0.1, -0.05) is 42.1 Å². The van der Waals surface area contributed by atoms with E-state index in [0.717, 1.165) is 27.4 Å². The number of ether oxygens (including phenoxy) is 1. The number of aliphatic imine (C=N–C) groups is 1. The number of hydrogen-bond donors (Lipinski definition) is 3. The molecule has 9 heteroatoms. The molecule has 190 valence electrons. The molecule has 7 nitrogen and oxygen atoms in total. The quantitative estimate of drug-likeness (QED) is 0.314. The molecule has 1 aliphatic heterocycles. The lowest BCUT2D eigenvalue weighted by Gasteiger charge is -2.13. The van der Waals surface area contributed by atoms with E-state index in [1.54, 1.807) is 18.2 Å². The number of aryl methyl sites for hydroxylation is 2. The van der Waals surface area contributed by atoms with E-state index in [-0.39, 0.29) is 17.2 Å². The molecule has 0 unspecified atom stereocenters. The molecule has 2 amide bonds. The molecule has 4 rings (SSSR count). The van der Waals surface area contributed by atoms with Crippen LogP contribution in [0.1, 0.15) is 18.1 Å². The Labute approximate surface area is 228 Å². The summed E-state index contributed by atoms with van der Waals surface area (Å²) in [5.74, 6) is -0.268. The number of thioether (sulfide) groups is 1. The number of nitrogens with zero attached hydrogens (tertiary/aromatic N) is 1. The lowest BCUT2D eigenvalue weighted by atomic mass is 10.1. The van der Waals surface area contributed by atoms with Crippen LogP contribution in [0, 0.1) is 13.8 Å². The fourth-order valence-electron chi connectivity index (χ4n) is 3.76. The average molecular weight is 580 g/mol. The summed E-state index contributed by atoms with van der Waals surface area (Å²) in [6.45, 7) is 6.25. The number of nitrogens with one attached hydrogen (secondary N) is 2. The summed E-state index contributed by atoms with van der Waals surface area (Å²) in [7, 11) is 0. The SMILES string of the molecule is CCOc1ccccc1NC(=O)C1=C(N)[C@@H](C(=O)Nc2ccc(C)cc2Br)SC1=Nc1cccc(C)c1. The number of nitrogens with two attached hydrogens (primary N) is 1. The Hall–Kier alpha value is -3.56. The number of hydrogen-bond acceptors (Lipinski definition) is 6. The molecule has 0 saturated heterocycles. The van der Waals surface area contributed by atoms with Crippen molar-refractivity contribution in [3.63, 3.8) is 0 Å². The smallest absolute Gasteiger partial charge is 0.260 e. The molecule has 0 fully saturated rings. The van der Waals surface area contributed by atoms with Gasteiger partial charge in [0.25, 0.3) is 5.91 Å². The number of para-hydroxylation sites is 2. The van der Waals surface area contributed by atoms with E-state index in [2.05, 4.69) is 26.6 Å². The largest absolute Gasteiger partial charge is 0.492 e. The zero-order chi connectivity index (χ0) is 26.5. The third kappa shape index (κ3) is 6.23. The van der Waals surface area contributed by atoms with Crippen molar-refractivity contribution in [2.75, 3.05) is 17.2 Å². The van der Waals surface area contributed by atoms with Crippen LogP contribution in [-0.2, 0) is 9.59 Å². The predicted octanol–water partition coefficient (Wildman–Crippen LogP) is 6.10. The molecule has 0 aromatic heterocycles. The van der Waals surface area contributed by atoms with Crippen molar-refractivity contribution in [1.29, 1.82) is 0 Å². The summed E-state index contributed by atoms with van der Waals surface area (Å²) in [6, 6.07) is 20.4. The number of carbonyl (C=O) groups is 2. The molecule has 1 aliphatic rings. The Morgan fingerprint density at radius 3 is 2.49 bits per heavy atom. The number of rotatable bonds is 7. The molecule has 3 aromatic carbocycles. The van der Waals surface area contributed by atoms with Crippen molar-refractivity contribution in [2.24, 2.45) is 10.7 Å². The summed E-state index contributed by atoms with van der Waals surface area (Å²) in [5.41, 5.74) is 10.7. The second-order valence-electron chi connectivity index (χ2n) is 8.44. The normalized spacial score (nSPS) is 16.1. The summed E-state index contributed by atoms with van der Waals surface area (Å²) in [4.78, 5) is 31.5. The third-order valence-corrected chi connectivity index (χ3v) is 7.41. The zero-order valence-electron chi connectivity index (χ0n) is 20.7. The maximum atomic E-state index is 13.5. The molecular formula is C28H27BrN4O3S. The van der Waals surface area contributed by atoms with E-state index < -0.39 is 11.2 Å². The number of anilines is 2. The first-order chi connectivity index (χ1) is 17.8. The molecular weight excluding hydrogens is 552 g/mol. The van der Waals surface area contributed by atoms with Crippen LogP contribution in [0.25, 0.3) is 0 Å². The van der Waals surface area contributed by atoms with Gasteiger partial charge in [0.05, 0.1) is 29.2 Å². The predicted molar refractivity (Wildman–Crippen MR) is 155 cm³/mol. The number of benzene rings is 3. The van der Waals surface area contributed by atoms with Gasteiger partial charge in [-0.05, 0) is 84.2 Å². The van der Waals surface area contributed by atoms with Gasteiger partial charge in [0.1, 0.15) is 16.0 Å². The maximum Gasteiger partial charge on any atom is 0.260 e. The summed E-state index contributed by atoms with van der Waals surface area (Å²) >= 11 is 4.64. The Morgan fingerprint density at radius 2 is 1.76 bits per heavy atom. The second kappa shape index (κ2) is 11.7. The van der Waals surface area contributed by atoms with Gasteiger partial charge in [0, 0.05) is 10.2 Å². The number of halogens is 1. The summed E-state index contributed by atoms with van der Waals surface area (Å²) < 4.78 is 6.40. The maximum absolute atomic E-state index is 13.5. The van der Waals surface area contributed by atoms with Crippen molar-refractivity contribution in [2.45, 2.75) is 26.0 Å². The minimum absolute atomic E-state index is 0.142. The van der Waals surface area contributed by atoms with Crippen LogP contribution in [0.4, 0.5) is 17.1 Å². The van der Waals surface area contributed by atoms with Crippen LogP contribution in [0.15, 0.2) is 87.5 Å². The zero-order valence-corrected chi connectivity index (χ0v) is 23.1. The first-order valence-electron chi connectivity index (χ1n) is 11.7. The van der Waals surface area contributed by atoms with Crippen molar-refractivity contribution in [3.8, 4) is 5.75 Å². The minimum Gasteiger partial charge on any atom is -0.492 e. The van der Waals surface area contributed by atoms with Crippen LogP contribution >= 0.6 is 27.7 Å². The number of amides is 2. The van der Waals surface area contributed by atoms with Crippen molar-refractivity contribution >= 4 is 61.6 Å². The first-order valence-corrected chi connectivity index (χ1v) is 13.4. The monoisotopic (exact) mass is 578 g/mol. The van der Waals surface area contributed by atoms with Gasteiger partial charge in [-0.15, -0.1) is 0 Å². The van der Waals surface area contributed by atoms with Crippen LogP contribution in [0.2, 0.25) is 0 Å². The topological polar surface area (TPSA) is 106 Å². The van der Waals surface area contributed by atoms with Crippen LogP contribution in [0.3, 0.4) is 0 Å². The van der Waals surface area contributed by atoms with E-state index in [1.165, 1.54) is 0 Å². The molecule has 0 saturated carbocycles. The van der Waals surface area contributed by atoms with E-state index >= 15 is 0 Å². The van der Waals surface area contributed by atoms with Crippen molar-refractivity contribution in [3.05, 3.63) is 93.6 Å². The molecule has 0 bridgehead atoms. The highest BCUT2D eigenvalue weighted by molar-refractivity contribution is 9.10. The minimum atomic E-state index is -0.834. The Kier molecular flexibility index (Phi) is 8.35. The Balaban J connectivity index is 1.69. The van der Waals surface area contributed by atoms with Crippen molar-refractivity contribution in [1.82, 2.24) is 0 Å². The van der Waals surface area contributed by atoms with Crippen LogP contribution in [-0.4, -0.2) is 28.7 Å². The van der Waals surface area contributed by atoms with Gasteiger partial charge in [0.2, 0.25) is 5.91 Å². The van der Waals surface area contributed by atoms with Gasteiger partial charge in [-0.3, -0.25) is 9.59 Å². The highest BCUT2D eigenvalue weighted by Gasteiger charge is 2.38. The summed E-state index contributed by atoms with van der Waals surface area (Å²) in [5, 5.41) is 5.33. The van der Waals surface area contributed by atoms with Crippen LogP contribution < -0.4 is 21.1 Å². The lowest BCUT2D eigenvalue weighted by Crippen LogP contribution is -2.29. The highest BCUT2D eigenvalue weighted by Crippen LogP contribution is 2.37. The van der Waals surface area contributed by atoms with Crippen LogP contribution in [0.5, 0.6) is 5.75 Å².